The highest BCUT2D eigenvalue weighted by molar-refractivity contribution is 5.38. The number of aromatic nitrogens is 4. The summed E-state index contributed by atoms with van der Waals surface area (Å²) in [7, 11) is 1.95. The zero-order valence-electron chi connectivity index (χ0n) is 10.6. The Hall–Kier alpha value is -1.62. The smallest absolute Gasteiger partial charge is 0.139 e. The van der Waals surface area contributed by atoms with Gasteiger partial charge < -0.3 is 5.73 Å². The molecular formula is C12H19N5. The fourth-order valence-corrected chi connectivity index (χ4v) is 2.04. The molecule has 0 saturated carbocycles. The van der Waals surface area contributed by atoms with Crippen LogP contribution in [0.1, 0.15) is 24.6 Å². The van der Waals surface area contributed by atoms with E-state index in [0.717, 1.165) is 24.4 Å². The molecule has 17 heavy (non-hydrogen) atoms. The monoisotopic (exact) mass is 233 g/mol. The Morgan fingerprint density at radius 2 is 2.24 bits per heavy atom. The van der Waals surface area contributed by atoms with Gasteiger partial charge in [-0.05, 0) is 19.8 Å². The third kappa shape index (κ3) is 2.24. The Labute approximate surface area is 101 Å². The molecule has 2 N–H and O–H groups in total. The summed E-state index contributed by atoms with van der Waals surface area (Å²) in [6, 6.07) is 0.181. The van der Waals surface area contributed by atoms with Crippen molar-refractivity contribution >= 4 is 0 Å². The molecule has 2 heterocycles. The van der Waals surface area contributed by atoms with Crippen molar-refractivity contribution in [3.8, 4) is 5.82 Å². The molecule has 0 aliphatic rings. The van der Waals surface area contributed by atoms with Gasteiger partial charge in [0.25, 0.3) is 0 Å². The SMILES string of the molecule is CCC(N)Cc1c(C)nn(C)c1-n1ccnc1. The summed E-state index contributed by atoms with van der Waals surface area (Å²) in [5.74, 6) is 1.06. The van der Waals surface area contributed by atoms with E-state index in [1.165, 1.54) is 5.56 Å². The Morgan fingerprint density at radius 3 is 2.82 bits per heavy atom. The second-order valence-corrected chi connectivity index (χ2v) is 4.35. The second-order valence-electron chi connectivity index (χ2n) is 4.35. The predicted molar refractivity (Wildman–Crippen MR) is 67.0 cm³/mol. The van der Waals surface area contributed by atoms with Crippen LogP contribution in [0.4, 0.5) is 0 Å². The van der Waals surface area contributed by atoms with Crippen molar-refractivity contribution in [1.82, 2.24) is 19.3 Å². The summed E-state index contributed by atoms with van der Waals surface area (Å²) in [5, 5.41) is 4.47. The number of imidazole rings is 1. The molecule has 92 valence electrons. The van der Waals surface area contributed by atoms with Crippen LogP contribution in [-0.2, 0) is 13.5 Å². The van der Waals surface area contributed by atoms with Crippen molar-refractivity contribution in [3.05, 3.63) is 30.0 Å². The van der Waals surface area contributed by atoms with E-state index in [2.05, 4.69) is 17.0 Å². The maximum Gasteiger partial charge on any atom is 0.139 e. The van der Waals surface area contributed by atoms with Gasteiger partial charge in [0, 0.05) is 31.0 Å². The van der Waals surface area contributed by atoms with Gasteiger partial charge in [0.05, 0.1) is 5.69 Å². The molecule has 0 spiro atoms. The molecule has 2 aromatic rings. The van der Waals surface area contributed by atoms with Gasteiger partial charge in [-0.25, -0.2) is 4.98 Å². The molecule has 2 rings (SSSR count). The molecule has 1 unspecified atom stereocenters. The fourth-order valence-electron chi connectivity index (χ4n) is 2.04. The van der Waals surface area contributed by atoms with Gasteiger partial charge in [-0.2, -0.15) is 5.10 Å². The molecule has 0 aromatic carbocycles. The Morgan fingerprint density at radius 1 is 1.47 bits per heavy atom. The summed E-state index contributed by atoms with van der Waals surface area (Å²) in [6.07, 6.45) is 7.31. The number of aryl methyl sites for hydroxylation is 2. The molecule has 0 aliphatic carbocycles. The van der Waals surface area contributed by atoms with Gasteiger partial charge in [0.15, 0.2) is 0 Å². The van der Waals surface area contributed by atoms with Gasteiger partial charge in [-0.1, -0.05) is 6.92 Å². The van der Waals surface area contributed by atoms with Crippen LogP contribution in [0.2, 0.25) is 0 Å². The number of nitrogens with zero attached hydrogens (tertiary/aromatic N) is 4. The molecule has 0 aliphatic heterocycles. The summed E-state index contributed by atoms with van der Waals surface area (Å²) < 4.78 is 3.87. The molecule has 0 saturated heterocycles. The lowest BCUT2D eigenvalue weighted by Crippen LogP contribution is -2.22. The number of nitrogens with two attached hydrogens (primary N) is 1. The van der Waals surface area contributed by atoms with Crippen LogP contribution in [0.15, 0.2) is 18.7 Å². The molecule has 5 nitrogen and oxygen atoms in total. The van der Waals surface area contributed by atoms with Crippen molar-refractivity contribution in [3.63, 3.8) is 0 Å². The molecular weight excluding hydrogens is 214 g/mol. The Balaban J connectivity index is 2.44. The third-order valence-electron chi connectivity index (χ3n) is 3.05. The van der Waals surface area contributed by atoms with Crippen molar-refractivity contribution in [1.29, 1.82) is 0 Å². The minimum absolute atomic E-state index is 0.181. The zero-order chi connectivity index (χ0) is 12.4. The quantitative estimate of drug-likeness (QED) is 0.863. The highest BCUT2D eigenvalue weighted by atomic mass is 15.3. The van der Waals surface area contributed by atoms with Crippen molar-refractivity contribution < 1.29 is 0 Å². The predicted octanol–water partition coefficient (Wildman–Crippen LogP) is 1.19. The normalized spacial score (nSPS) is 12.9. The summed E-state index contributed by atoms with van der Waals surface area (Å²) in [4.78, 5) is 4.08. The average Bonchev–Trinajstić information content (AvgIpc) is 2.88. The third-order valence-corrected chi connectivity index (χ3v) is 3.05. The Bertz CT molecular complexity index is 483. The van der Waals surface area contributed by atoms with Crippen molar-refractivity contribution in [2.24, 2.45) is 12.8 Å². The van der Waals surface area contributed by atoms with Crippen LogP contribution in [0.5, 0.6) is 0 Å². The summed E-state index contributed by atoms with van der Waals surface area (Å²) in [6.45, 7) is 4.13. The molecule has 0 radical (unpaired) electrons. The van der Waals surface area contributed by atoms with Gasteiger partial charge >= 0.3 is 0 Å². The van der Waals surface area contributed by atoms with E-state index in [9.17, 15) is 0 Å². The minimum atomic E-state index is 0.181. The van der Waals surface area contributed by atoms with Crippen LogP contribution in [-0.4, -0.2) is 25.4 Å². The van der Waals surface area contributed by atoms with Gasteiger partial charge in [0.2, 0.25) is 0 Å². The Kier molecular flexibility index (Phi) is 3.28. The first-order valence-electron chi connectivity index (χ1n) is 5.89. The van der Waals surface area contributed by atoms with E-state index in [0.29, 0.717) is 0 Å². The topological polar surface area (TPSA) is 61.7 Å². The average molecular weight is 233 g/mol. The second kappa shape index (κ2) is 4.71. The van der Waals surface area contributed by atoms with Crippen LogP contribution in [0.3, 0.4) is 0 Å². The van der Waals surface area contributed by atoms with E-state index < -0.39 is 0 Å². The zero-order valence-corrected chi connectivity index (χ0v) is 10.6. The molecule has 2 aromatic heterocycles. The lowest BCUT2D eigenvalue weighted by molar-refractivity contribution is 0.641. The van der Waals surface area contributed by atoms with E-state index in [1.807, 2.05) is 29.4 Å². The van der Waals surface area contributed by atoms with Crippen molar-refractivity contribution in [2.45, 2.75) is 32.7 Å². The number of rotatable bonds is 4. The van der Waals surface area contributed by atoms with Crippen LogP contribution in [0, 0.1) is 6.92 Å². The largest absolute Gasteiger partial charge is 0.327 e. The highest BCUT2D eigenvalue weighted by Crippen LogP contribution is 2.19. The van der Waals surface area contributed by atoms with E-state index in [4.69, 9.17) is 5.73 Å². The highest BCUT2D eigenvalue weighted by Gasteiger charge is 2.16. The number of hydrogen-bond donors (Lipinski definition) is 1. The molecule has 0 fully saturated rings. The first kappa shape index (κ1) is 11.9. The van der Waals surface area contributed by atoms with Crippen LogP contribution < -0.4 is 5.73 Å². The molecule has 0 bridgehead atoms. The molecule has 0 amide bonds. The molecule has 5 heteroatoms. The summed E-state index contributed by atoms with van der Waals surface area (Å²) >= 11 is 0. The van der Waals surface area contributed by atoms with Gasteiger partial charge in [0.1, 0.15) is 12.1 Å². The van der Waals surface area contributed by atoms with Crippen molar-refractivity contribution in [2.75, 3.05) is 0 Å². The van der Waals surface area contributed by atoms with Crippen LogP contribution in [0.25, 0.3) is 5.82 Å². The van der Waals surface area contributed by atoms with E-state index in [-0.39, 0.29) is 6.04 Å². The maximum absolute atomic E-state index is 6.04. The van der Waals surface area contributed by atoms with E-state index in [1.54, 1.807) is 12.5 Å². The summed E-state index contributed by atoms with van der Waals surface area (Å²) in [5.41, 5.74) is 8.29. The maximum atomic E-state index is 6.04. The first-order chi connectivity index (χ1) is 8.13. The van der Waals surface area contributed by atoms with Crippen LogP contribution >= 0.6 is 0 Å². The molecule has 1 atom stereocenters. The van der Waals surface area contributed by atoms with E-state index >= 15 is 0 Å². The lowest BCUT2D eigenvalue weighted by Gasteiger charge is -2.11. The van der Waals surface area contributed by atoms with Gasteiger partial charge in [-0.3, -0.25) is 9.25 Å². The van der Waals surface area contributed by atoms with Gasteiger partial charge in [-0.15, -0.1) is 0 Å². The standard InChI is InChI=1S/C12H19N5/c1-4-10(13)7-11-9(2)15-16(3)12(11)17-6-5-14-8-17/h5-6,8,10H,4,7,13H2,1-3H3. The lowest BCUT2D eigenvalue weighted by atomic mass is 10.0. The fraction of sp³-hybridized carbons (Fsp3) is 0.500. The minimum Gasteiger partial charge on any atom is -0.327 e. The first-order valence-corrected chi connectivity index (χ1v) is 5.89. The number of hydrogen-bond acceptors (Lipinski definition) is 3.